The molecule has 484 valence electrons. The number of hydrogen-bond acceptors (Lipinski definition) is 11. The van der Waals surface area contributed by atoms with E-state index in [9.17, 15) is 43.9 Å². The van der Waals surface area contributed by atoms with E-state index in [1.807, 2.05) is 78.9 Å². The molecule has 0 spiro atoms. The van der Waals surface area contributed by atoms with E-state index in [0.717, 1.165) is 55.2 Å². The first kappa shape index (κ1) is 65.9. The Kier molecular flexibility index (Phi) is 21.5. The molecule has 8 aromatic rings. The van der Waals surface area contributed by atoms with Gasteiger partial charge in [0.15, 0.2) is 5.60 Å². The van der Waals surface area contributed by atoms with Crippen molar-refractivity contribution in [3.8, 4) is 17.6 Å². The average Bonchev–Trinajstić information content (AvgIpc) is 1.80. The van der Waals surface area contributed by atoms with E-state index in [2.05, 4.69) is 17.2 Å². The van der Waals surface area contributed by atoms with E-state index in [4.69, 9.17) is 4.74 Å². The molecule has 3 aliphatic heterocycles. The van der Waals surface area contributed by atoms with Crippen LogP contribution in [0.3, 0.4) is 0 Å². The van der Waals surface area contributed by atoms with E-state index in [1.54, 1.807) is 113 Å². The maximum Gasteiger partial charge on any atom is 0.272 e. The molecule has 0 atom stereocenters. The molecule has 0 fully saturated rings. The molecular formula is C78H76N6O11. The molecule has 0 radical (unpaired) electrons. The first-order chi connectivity index (χ1) is 46.3. The van der Waals surface area contributed by atoms with Gasteiger partial charge in [-0.1, -0.05) is 172 Å². The molecule has 17 heteroatoms. The second kappa shape index (κ2) is 30.9. The Balaban J connectivity index is 0.880. The van der Waals surface area contributed by atoms with Gasteiger partial charge in [-0.3, -0.25) is 58.3 Å². The van der Waals surface area contributed by atoms with Gasteiger partial charge in [0.25, 0.3) is 41.4 Å². The van der Waals surface area contributed by atoms with Crippen molar-refractivity contribution in [1.82, 2.24) is 24.7 Å². The SMILES string of the molecule is O=C(CCc1cc(C(=O)Nc2cc(CCCCCCN3C(=O)c4ccccc4C3=O)c(OCCCCCCN3C(=O)c4ccccc4C3=O)c(CCCCCCN3C(=O)c4ccccc4C3=O)c2)n(Cc2ccccc2)c1C#CC(O)(c1ccccc1)c1ccccc1)NO. The van der Waals surface area contributed by atoms with Crippen LogP contribution in [-0.2, 0) is 36.2 Å². The maximum absolute atomic E-state index is 15.4. The number of aliphatic hydroxyl groups is 1. The number of anilines is 1. The molecule has 0 saturated carbocycles. The zero-order valence-electron chi connectivity index (χ0n) is 53.0. The number of benzene rings is 7. The van der Waals surface area contributed by atoms with Crippen molar-refractivity contribution in [2.45, 2.75) is 115 Å². The molecule has 17 nitrogen and oxygen atoms in total. The monoisotopic (exact) mass is 1270 g/mol. The van der Waals surface area contributed by atoms with E-state index in [0.29, 0.717) is 145 Å². The van der Waals surface area contributed by atoms with Gasteiger partial charge in [-0.05, 0) is 141 Å². The molecule has 1 aromatic heterocycles. The molecule has 0 bridgehead atoms. The number of carbonyl (C=O) groups is 8. The van der Waals surface area contributed by atoms with Crippen LogP contribution in [-0.4, -0.2) is 103 Å². The Hall–Kier alpha value is -10.5. The highest BCUT2D eigenvalue weighted by Gasteiger charge is 2.37. The van der Waals surface area contributed by atoms with Crippen molar-refractivity contribution in [3.63, 3.8) is 0 Å². The first-order valence-corrected chi connectivity index (χ1v) is 32.8. The number of amides is 8. The summed E-state index contributed by atoms with van der Waals surface area (Å²) in [5.74, 6) is 4.37. The number of aromatic nitrogens is 1. The normalized spacial score (nSPS) is 13.3. The lowest BCUT2D eigenvalue weighted by atomic mass is 9.86. The van der Waals surface area contributed by atoms with Crippen LogP contribution in [0.1, 0.15) is 195 Å². The van der Waals surface area contributed by atoms with Gasteiger partial charge in [-0.2, -0.15) is 0 Å². The third kappa shape index (κ3) is 15.1. The van der Waals surface area contributed by atoms with Gasteiger partial charge < -0.3 is 19.7 Å². The Labute approximate surface area is 552 Å². The predicted octanol–water partition coefficient (Wildman–Crippen LogP) is 12.5. The van der Waals surface area contributed by atoms with E-state index < -0.39 is 17.4 Å². The second-order valence-corrected chi connectivity index (χ2v) is 24.3. The molecule has 11 rings (SSSR count). The van der Waals surface area contributed by atoms with Gasteiger partial charge in [-0.25, -0.2) is 5.48 Å². The lowest BCUT2D eigenvalue weighted by Gasteiger charge is -2.23. The third-order valence-electron chi connectivity index (χ3n) is 17.9. The van der Waals surface area contributed by atoms with Crippen molar-refractivity contribution in [1.29, 1.82) is 0 Å². The quantitative estimate of drug-likeness (QED) is 0.0105. The molecule has 7 aromatic carbocycles. The summed E-state index contributed by atoms with van der Waals surface area (Å²) in [6, 6.07) is 53.9. The minimum atomic E-state index is -1.80. The fourth-order valence-corrected chi connectivity index (χ4v) is 12.9. The van der Waals surface area contributed by atoms with Crippen LogP contribution in [0.4, 0.5) is 5.69 Å². The minimum Gasteiger partial charge on any atom is -0.493 e. The standard InChI is InChI=1S/C78H76N6O11/c85-69(80-94)43-42-55-52-68(84(53-54-28-10-7-11-29-54)67(55)44-45-78(93,58-32-14-8-15-33-58)59-34-16-9-17-35-59)71(86)79-60-50-56(30-12-1-3-24-46-81-72(87)61-36-18-19-37-62(61)73(81)88)70(95-49-27-6-5-26-48-83-76(91)65-40-22-23-41-66(65)77(83)92)57(51-60)31-13-2-4-25-47-82-74(89)63-38-20-21-39-64(63)75(82)90/h7-11,14-23,28-29,32-41,50-52,93-94H,1-6,12-13,24-27,30-31,42-43,46-49,53H2,(H,79,86)(H,80,85). The lowest BCUT2D eigenvalue weighted by Crippen LogP contribution is -2.30. The van der Waals surface area contributed by atoms with Crippen molar-refractivity contribution < 1.29 is 53.4 Å². The Morgan fingerprint density at radius 2 is 0.842 bits per heavy atom. The molecule has 0 saturated heterocycles. The Morgan fingerprint density at radius 3 is 1.26 bits per heavy atom. The van der Waals surface area contributed by atoms with Crippen molar-refractivity contribution in [2.75, 3.05) is 31.6 Å². The minimum absolute atomic E-state index is 0.0804. The predicted molar refractivity (Wildman–Crippen MR) is 359 cm³/mol. The highest BCUT2D eigenvalue weighted by Crippen LogP contribution is 2.35. The van der Waals surface area contributed by atoms with Crippen molar-refractivity contribution in [3.05, 3.63) is 260 Å². The van der Waals surface area contributed by atoms with E-state index in [1.165, 1.54) is 14.7 Å². The summed E-state index contributed by atoms with van der Waals surface area (Å²) in [6.45, 7) is 1.43. The maximum atomic E-state index is 15.4. The number of imide groups is 3. The third-order valence-corrected chi connectivity index (χ3v) is 17.9. The summed E-state index contributed by atoms with van der Waals surface area (Å²) in [7, 11) is 0. The number of aryl methyl sites for hydroxylation is 3. The number of carbonyl (C=O) groups excluding carboxylic acids is 8. The number of hydrogen-bond donors (Lipinski definition) is 4. The molecule has 4 heterocycles. The Morgan fingerprint density at radius 1 is 0.453 bits per heavy atom. The highest BCUT2D eigenvalue weighted by atomic mass is 16.5. The average molecular weight is 1270 g/mol. The number of fused-ring (bicyclic) bond motifs is 3. The van der Waals surface area contributed by atoms with Gasteiger partial charge in [-0.15, -0.1) is 0 Å². The highest BCUT2D eigenvalue weighted by molar-refractivity contribution is 6.22. The Bertz CT molecular complexity index is 3980. The van der Waals surface area contributed by atoms with Crippen LogP contribution < -0.4 is 15.5 Å². The van der Waals surface area contributed by atoms with Crippen LogP contribution in [0.2, 0.25) is 0 Å². The molecular weight excluding hydrogens is 1200 g/mol. The van der Waals surface area contributed by atoms with Gasteiger partial charge in [0.1, 0.15) is 11.4 Å². The molecule has 4 N–H and O–H groups in total. The summed E-state index contributed by atoms with van der Waals surface area (Å²) < 4.78 is 8.66. The van der Waals surface area contributed by atoms with E-state index in [-0.39, 0.29) is 60.5 Å². The summed E-state index contributed by atoms with van der Waals surface area (Å²) in [5, 5.41) is 25.5. The first-order valence-electron chi connectivity index (χ1n) is 32.8. The van der Waals surface area contributed by atoms with Crippen LogP contribution >= 0.6 is 0 Å². The van der Waals surface area contributed by atoms with Gasteiger partial charge in [0.05, 0.1) is 45.7 Å². The number of rotatable bonds is 31. The topological polar surface area (TPSA) is 225 Å². The summed E-state index contributed by atoms with van der Waals surface area (Å²) in [5.41, 5.74) is 7.69. The van der Waals surface area contributed by atoms with Crippen LogP contribution in [0.25, 0.3) is 0 Å². The summed E-state index contributed by atoms with van der Waals surface area (Å²) in [6.07, 6.45) is 9.45. The zero-order chi connectivity index (χ0) is 66.3. The fraction of sp³-hybridized carbons (Fsp3) is 0.282. The fourth-order valence-electron chi connectivity index (χ4n) is 12.9. The number of ether oxygens (including phenoxy) is 1. The van der Waals surface area contributed by atoms with Gasteiger partial charge >= 0.3 is 0 Å². The number of hydroxylamine groups is 1. The van der Waals surface area contributed by atoms with E-state index >= 15 is 4.79 Å². The number of nitrogens with one attached hydrogen (secondary N) is 2. The molecule has 3 aliphatic rings. The molecule has 95 heavy (non-hydrogen) atoms. The van der Waals surface area contributed by atoms with Crippen LogP contribution in [0, 0.1) is 11.8 Å². The van der Waals surface area contributed by atoms with Crippen molar-refractivity contribution >= 4 is 52.9 Å². The largest absolute Gasteiger partial charge is 0.493 e. The molecule has 8 amide bonds. The van der Waals surface area contributed by atoms with Crippen LogP contribution in [0.5, 0.6) is 5.75 Å². The summed E-state index contributed by atoms with van der Waals surface area (Å²) in [4.78, 5) is 111. The zero-order valence-corrected chi connectivity index (χ0v) is 53.0. The summed E-state index contributed by atoms with van der Waals surface area (Å²) >= 11 is 0. The molecule has 0 unspecified atom stereocenters. The lowest BCUT2D eigenvalue weighted by molar-refractivity contribution is -0.129. The molecule has 0 aliphatic carbocycles. The van der Waals surface area contributed by atoms with Crippen molar-refractivity contribution in [2.24, 2.45) is 0 Å². The second-order valence-electron chi connectivity index (χ2n) is 24.3. The number of unbranched alkanes of at least 4 members (excludes halogenated alkanes) is 9. The van der Waals surface area contributed by atoms with Gasteiger partial charge in [0, 0.05) is 49.4 Å². The van der Waals surface area contributed by atoms with Crippen LogP contribution in [0.15, 0.2) is 182 Å². The smallest absolute Gasteiger partial charge is 0.272 e. The van der Waals surface area contributed by atoms with Gasteiger partial charge in [0.2, 0.25) is 5.91 Å². The number of nitrogens with zero attached hydrogens (tertiary/aromatic N) is 4.